The van der Waals surface area contributed by atoms with Crippen LogP contribution in [-0.2, 0) is 57.1 Å². The highest BCUT2D eigenvalue weighted by molar-refractivity contribution is 6.10. The Hall–Kier alpha value is -8.62. The molecule has 0 radical (unpaired) electrons. The number of carbonyl (C=O) groups is 6. The number of ether oxygens (including phenoxy) is 13. The lowest BCUT2D eigenvalue weighted by molar-refractivity contribution is -0.143. The van der Waals surface area contributed by atoms with Crippen LogP contribution in [0.3, 0.4) is 0 Å². The molecule has 6 rings (SSSR count). The molecule has 6 aromatic rings. The molecule has 0 bridgehead atoms. The SMILES string of the molecule is COc1cc(-c2ccc(-c3ccc(C(=O)c4ccc(OCCOCCOC(C)=O)c(OCCOCCOC(C)=O)c4)cc3)c(C)c2)ccc1-c1ccc(C(=O)c2ccc(OCCOCCOC(C)=O)c(OCCOCCOC(C)=O)c2)cc1. The molecule has 0 amide bonds. The molecule has 440 valence electrons. The minimum absolute atomic E-state index is 0.117. The summed E-state index contributed by atoms with van der Waals surface area (Å²) in [6.45, 7) is 10.1. The van der Waals surface area contributed by atoms with Crippen molar-refractivity contribution < 1.29 is 90.3 Å². The van der Waals surface area contributed by atoms with Crippen molar-refractivity contribution >= 4 is 35.4 Å². The molecule has 0 aliphatic heterocycles. The van der Waals surface area contributed by atoms with Gasteiger partial charge in [0.2, 0.25) is 0 Å². The van der Waals surface area contributed by atoms with E-state index in [0.29, 0.717) is 51.0 Å². The van der Waals surface area contributed by atoms with E-state index >= 15 is 0 Å². The lowest BCUT2D eigenvalue weighted by Crippen LogP contribution is -2.14. The number of hydrogen-bond donors (Lipinski definition) is 0. The van der Waals surface area contributed by atoms with Gasteiger partial charge in [-0.2, -0.15) is 0 Å². The number of benzene rings is 6. The summed E-state index contributed by atoms with van der Waals surface area (Å²) in [5.41, 5.74) is 8.25. The standard InChI is InChI=1S/C64H70O19/c1-43-39-52(15-19-56(43)48-7-11-50(12-8-48)63(69)54-17-21-58(80-35-27-72-23-31-76-44(2)65)61(41-54)82-37-29-74-25-33-78-46(4)67)53-16-20-57(60(40-53)71-6)49-9-13-51(14-10-49)64(70)55-18-22-59(81-36-28-73-24-32-77-45(3)66)62(42-55)83-38-30-75-26-34-79-47(5)68/h7-22,39-42H,23-38H2,1-6H3. The fourth-order valence-corrected chi connectivity index (χ4v) is 8.20. The molecule has 0 fully saturated rings. The van der Waals surface area contributed by atoms with Gasteiger partial charge in [-0.25, -0.2) is 0 Å². The van der Waals surface area contributed by atoms with Gasteiger partial charge in [0.05, 0.1) is 60.0 Å². The molecule has 19 nitrogen and oxygen atoms in total. The number of methoxy groups -OCH3 is 1. The normalized spacial score (nSPS) is 10.8. The van der Waals surface area contributed by atoms with Crippen LogP contribution in [0.2, 0.25) is 0 Å². The van der Waals surface area contributed by atoms with Crippen LogP contribution in [0.15, 0.2) is 121 Å². The molecule has 19 heteroatoms. The quantitative estimate of drug-likeness (QED) is 0.0155. The topological polar surface area (TPSA) is 222 Å². The van der Waals surface area contributed by atoms with Gasteiger partial charge in [-0.05, 0) is 82.8 Å². The first-order chi connectivity index (χ1) is 40.2. The van der Waals surface area contributed by atoms with E-state index < -0.39 is 11.9 Å². The van der Waals surface area contributed by atoms with Crippen LogP contribution in [0.4, 0.5) is 0 Å². The highest BCUT2D eigenvalue weighted by atomic mass is 16.6. The van der Waals surface area contributed by atoms with Crippen LogP contribution in [-0.4, -0.2) is 148 Å². The Kier molecular flexibility index (Phi) is 26.0. The van der Waals surface area contributed by atoms with E-state index in [4.69, 9.17) is 61.6 Å². The number of esters is 4. The van der Waals surface area contributed by atoms with Gasteiger partial charge in [-0.1, -0.05) is 78.9 Å². The Morgan fingerprint density at radius 2 is 0.614 bits per heavy atom. The van der Waals surface area contributed by atoms with Crippen molar-refractivity contribution in [3.8, 4) is 62.1 Å². The lowest BCUT2D eigenvalue weighted by Gasteiger charge is -2.15. The molecule has 0 aliphatic carbocycles. The Balaban J connectivity index is 1.09. The first kappa shape index (κ1) is 63.6. The monoisotopic (exact) mass is 1140 g/mol. The summed E-state index contributed by atoms with van der Waals surface area (Å²) in [6.07, 6.45) is 0. The van der Waals surface area contributed by atoms with E-state index in [1.807, 2.05) is 55.5 Å². The molecule has 0 atom stereocenters. The third-order valence-corrected chi connectivity index (χ3v) is 12.2. The van der Waals surface area contributed by atoms with Crippen molar-refractivity contribution in [2.24, 2.45) is 0 Å². The van der Waals surface area contributed by atoms with Crippen molar-refractivity contribution in [1.29, 1.82) is 0 Å². The molecule has 6 aromatic carbocycles. The summed E-state index contributed by atoms with van der Waals surface area (Å²) in [5.74, 6) is 0.0821. The maximum absolute atomic E-state index is 13.9. The largest absolute Gasteiger partial charge is 0.496 e. The van der Waals surface area contributed by atoms with Gasteiger partial charge >= 0.3 is 23.9 Å². The van der Waals surface area contributed by atoms with Crippen LogP contribution in [0, 0.1) is 6.92 Å². The van der Waals surface area contributed by atoms with E-state index in [2.05, 4.69) is 12.1 Å². The summed E-state index contributed by atoms with van der Waals surface area (Å²) in [4.78, 5) is 71.9. The Labute approximate surface area is 482 Å². The van der Waals surface area contributed by atoms with Crippen LogP contribution in [0.5, 0.6) is 28.7 Å². The minimum Gasteiger partial charge on any atom is -0.496 e. The molecule has 0 saturated heterocycles. The number of rotatable bonds is 36. The molecule has 0 aliphatic rings. The van der Waals surface area contributed by atoms with Crippen molar-refractivity contribution in [1.82, 2.24) is 0 Å². The zero-order chi connectivity index (χ0) is 59.3. The highest BCUT2D eigenvalue weighted by Crippen LogP contribution is 2.37. The van der Waals surface area contributed by atoms with E-state index in [-0.39, 0.29) is 129 Å². The Bertz CT molecular complexity index is 3100. The second-order valence-electron chi connectivity index (χ2n) is 18.3. The molecule has 0 heterocycles. The van der Waals surface area contributed by atoms with E-state index in [1.54, 1.807) is 67.8 Å². The molecule has 0 unspecified atom stereocenters. The van der Waals surface area contributed by atoms with Crippen LogP contribution < -0.4 is 23.7 Å². The van der Waals surface area contributed by atoms with E-state index in [9.17, 15) is 28.8 Å². The van der Waals surface area contributed by atoms with Crippen molar-refractivity contribution in [3.63, 3.8) is 0 Å². The molecule has 0 spiro atoms. The van der Waals surface area contributed by atoms with E-state index in [0.717, 1.165) is 38.9 Å². The predicted octanol–water partition coefficient (Wildman–Crippen LogP) is 9.30. The average Bonchev–Trinajstić information content (AvgIpc) is 3.65. The van der Waals surface area contributed by atoms with Gasteiger partial charge in [-0.3, -0.25) is 28.8 Å². The third-order valence-electron chi connectivity index (χ3n) is 12.2. The summed E-state index contributed by atoms with van der Waals surface area (Å²) >= 11 is 0. The minimum atomic E-state index is -0.397. The van der Waals surface area contributed by atoms with Gasteiger partial charge in [0.25, 0.3) is 0 Å². The van der Waals surface area contributed by atoms with Gasteiger partial charge < -0.3 is 61.6 Å². The number of hydrogen-bond acceptors (Lipinski definition) is 19. The lowest BCUT2D eigenvalue weighted by atomic mass is 9.93. The van der Waals surface area contributed by atoms with Crippen LogP contribution in [0.25, 0.3) is 33.4 Å². The van der Waals surface area contributed by atoms with Gasteiger partial charge in [-0.15, -0.1) is 0 Å². The fourth-order valence-electron chi connectivity index (χ4n) is 8.20. The summed E-state index contributed by atoms with van der Waals surface area (Å²) in [5, 5.41) is 0. The van der Waals surface area contributed by atoms with Gasteiger partial charge in [0, 0.05) is 55.5 Å². The maximum atomic E-state index is 13.9. The smallest absolute Gasteiger partial charge is 0.302 e. The zero-order valence-corrected chi connectivity index (χ0v) is 47.6. The summed E-state index contributed by atoms with van der Waals surface area (Å²) < 4.78 is 71.4. The maximum Gasteiger partial charge on any atom is 0.302 e. The van der Waals surface area contributed by atoms with Crippen molar-refractivity contribution in [3.05, 3.63) is 149 Å². The molecule has 83 heavy (non-hydrogen) atoms. The third kappa shape index (κ3) is 21.0. The number of aryl methyl sites for hydroxylation is 1. The summed E-state index contributed by atoms with van der Waals surface area (Å²) in [7, 11) is 1.62. The first-order valence-electron chi connectivity index (χ1n) is 26.9. The van der Waals surface area contributed by atoms with Crippen molar-refractivity contribution in [2.75, 3.05) is 113 Å². The molecule has 0 N–H and O–H groups in total. The van der Waals surface area contributed by atoms with Crippen molar-refractivity contribution in [2.45, 2.75) is 34.6 Å². The molecular formula is C64H70O19. The second kappa shape index (κ2) is 34.0. The van der Waals surface area contributed by atoms with Crippen LogP contribution >= 0.6 is 0 Å². The van der Waals surface area contributed by atoms with Gasteiger partial charge in [0.1, 0.15) is 58.6 Å². The highest BCUT2D eigenvalue weighted by Gasteiger charge is 2.18. The summed E-state index contributed by atoms with van der Waals surface area (Å²) in [6, 6.07) is 36.8. The predicted molar refractivity (Wildman–Crippen MR) is 306 cm³/mol. The number of carbonyl (C=O) groups excluding carboxylic acids is 6. The molecule has 0 saturated carbocycles. The zero-order valence-electron chi connectivity index (χ0n) is 47.6. The number of ketones is 2. The van der Waals surface area contributed by atoms with Crippen LogP contribution in [0.1, 0.15) is 65.1 Å². The van der Waals surface area contributed by atoms with Gasteiger partial charge in [0.15, 0.2) is 34.6 Å². The first-order valence-corrected chi connectivity index (χ1v) is 26.9. The Morgan fingerprint density at radius 1 is 0.301 bits per heavy atom. The molecule has 0 aromatic heterocycles. The average molecular weight is 1140 g/mol. The molecular weight excluding hydrogens is 1070 g/mol. The second-order valence-corrected chi connectivity index (χ2v) is 18.3. The van der Waals surface area contributed by atoms with E-state index in [1.165, 1.54) is 27.7 Å². The Morgan fingerprint density at radius 3 is 0.976 bits per heavy atom. The fraction of sp³-hybridized carbons (Fsp3) is 0.344.